The van der Waals surface area contributed by atoms with Crippen LogP contribution in [0.1, 0.15) is 48.4 Å². The molecule has 0 saturated carbocycles. The standard InChI is InChI=1S/C26H28ClN3O4S2/c1-4-12-29(13-5-2)36(32,33)22-10-8-19(9-11-22)25(31)30(17-21-7-6-14-34-21)26-28-24-18(3)15-20(27)16-23(24)35-26/h6-11,14-16H,4-5,12-13,17H2,1-3H3. The van der Waals surface area contributed by atoms with Crippen LogP contribution in [0.15, 0.2) is 64.1 Å². The van der Waals surface area contributed by atoms with E-state index in [1.54, 1.807) is 35.4 Å². The molecule has 4 rings (SSSR count). The topological polar surface area (TPSA) is 83.7 Å². The number of amides is 1. The maximum absolute atomic E-state index is 13.7. The summed E-state index contributed by atoms with van der Waals surface area (Å²) in [5.41, 5.74) is 2.06. The van der Waals surface area contributed by atoms with E-state index in [4.69, 9.17) is 21.0 Å². The number of furan rings is 1. The molecule has 2 aromatic heterocycles. The van der Waals surface area contributed by atoms with E-state index in [9.17, 15) is 13.2 Å². The lowest BCUT2D eigenvalue weighted by Crippen LogP contribution is -2.33. The lowest BCUT2D eigenvalue weighted by Gasteiger charge is -2.21. The van der Waals surface area contributed by atoms with Crippen molar-refractivity contribution in [3.05, 3.63) is 76.7 Å². The number of thiazole rings is 1. The number of fused-ring (bicyclic) bond motifs is 1. The molecule has 0 aliphatic rings. The van der Waals surface area contributed by atoms with Crippen LogP contribution < -0.4 is 4.90 Å². The highest BCUT2D eigenvalue weighted by Gasteiger charge is 2.26. The summed E-state index contributed by atoms with van der Waals surface area (Å²) in [6.07, 6.45) is 3.01. The van der Waals surface area contributed by atoms with E-state index in [2.05, 4.69) is 0 Å². The smallest absolute Gasteiger partial charge is 0.260 e. The summed E-state index contributed by atoms with van der Waals surface area (Å²) >= 11 is 7.60. The maximum Gasteiger partial charge on any atom is 0.260 e. The van der Waals surface area contributed by atoms with Crippen LogP contribution in [0.4, 0.5) is 5.13 Å². The SMILES string of the molecule is CCCN(CCC)S(=O)(=O)c1ccc(C(=O)N(Cc2ccco2)c2nc3c(C)cc(Cl)cc3s2)cc1. The number of carbonyl (C=O) groups excluding carboxylic acids is 1. The minimum absolute atomic E-state index is 0.170. The molecule has 0 spiro atoms. The summed E-state index contributed by atoms with van der Waals surface area (Å²) in [5, 5.41) is 1.11. The largest absolute Gasteiger partial charge is 0.467 e. The van der Waals surface area contributed by atoms with E-state index >= 15 is 0 Å². The zero-order valence-corrected chi connectivity index (χ0v) is 22.8. The Balaban J connectivity index is 1.68. The van der Waals surface area contributed by atoms with Crippen molar-refractivity contribution in [1.29, 1.82) is 0 Å². The van der Waals surface area contributed by atoms with Gasteiger partial charge >= 0.3 is 0 Å². The highest BCUT2D eigenvalue weighted by molar-refractivity contribution is 7.89. The molecule has 0 unspecified atom stereocenters. The Morgan fingerprint density at radius 3 is 2.39 bits per heavy atom. The van der Waals surface area contributed by atoms with E-state index in [1.807, 2.05) is 32.9 Å². The van der Waals surface area contributed by atoms with Gasteiger partial charge in [-0.15, -0.1) is 0 Å². The molecule has 10 heteroatoms. The molecular formula is C26H28ClN3O4S2. The number of rotatable bonds is 10. The van der Waals surface area contributed by atoms with E-state index in [1.165, 1.54) is 27.8 Å². The van der Waals surface area contributed by atoms with Crippen molar-refractivity contribution in [3.63, 3.8) is 0 Å². The van der Waals surface area contributed by atoms with E-state index in [-0.39, 0.29) is 17.3 Å². The molecule has 2 aromatic carbocycles. The van der Waals surface area contributed by atoms with Crippen molar-refractivity contribution < 1.29 is 17.6 Å². The Morgan fingerprint density at radius 2 is 1.78 bits per heavy atom. The minimum Gasteiger partial charge on any atom is -0.467 e. The van der Waals surface area contributed by atoms with E-state index in [0.717, 1.165) is 28.6 Å². The first-order chi connectivity index (χ1) is 17.2. The quantitative estimate of drug-likeness (QED) is 0.227. The number of aromatic nitrogens is 1. The number of carbonyl (C=O) groups is 1. The zero-order valence-electron chi connectivity index (χ0n) is 20.4. The molecule has 36 heavy (non-hydrogen) atoms. The van der Waals surface area contributed by atoms with Crippen LogP contribution >= 0.6 is 22.9 Å². The highest BCUT2D eigenvalue weighted by atomic mass is 35.5. The first kappa shape index (κ1) is 26.3. The number of hydrogen-bond donors (Lipinski definition) is 0. The van der Waals surface area contributed by atoms with Crippen molar-refractivity contribution in [2.24, 2.45) is 0 Å². The van der Waals surface area contributed by atoms with Gasteiger partial charge in [0.1, 0.15) is 5.76 Å². The molecule has 0 fully saturated rings. The Morgan fingerprint density at radius 1 is 1.08 bits per heavy atom. The zero-order chi connectivity index (χ0) is 25.9. The summed E-state index contributed by atoms with van der Waals surface area (Å²) in [6, 6.07) is 13.3. The summed E-state index contributed by atoms with van der Waals surface area (Å²) < 4.78 is 34.1. The summed E-state index contributed by atoms with van der Waals surface area (Å²) in [7, 11) is -3.64. The number of sulfonamides is 1. The fourth-order valence-electron chi connectivity index (χ4n) is 3.97. The second kappa shape index (κ2) is 11.1. The fraction of sp³-hybridized carbons (Fsp3) is 0.308. The van der Waals surface area contributed by atoms with Crippen LogP contribution in [0.3, 0.4) is 0 Å². The maximum atomic E-state index is 13.7. The van der Waals surface area contributed by atoms with Crippen LogP contribution in [-0.4, -0.2) is 36.7 Å². The minimum atomic E-state index is -3.64. The third kappa shape index (κ3) is 5.49. The molecule has 0 saturated heterocycles. The highest BCUT2D eigenvalue weighted by Crippen LogP contribution is 2.34. The molecule has 0 N–H and O–H groups in total. The summed E-state index contributed by atoms with van der Waals surface area (Å²) in [4.78, 5) is 20.1. The first-order valence-electron chi connectivity index (χ1n) is 11.8. The van der Waals surface area contributed by atoms with Crippen LogP contribution in [0, 0.1) is 6.92 Å². The van der Waals surface area contributed by atoms with Gasteiger partial charge in [0.25, 0.3) is 5.91 Å². The number of hydrogen-bond acceptors (Lipinski definition) is 6. The molecule has 0 aliphatic carbocycles. The Bertz CT molecular complexity index is 1440. The van der Waals surface area contributed by atoms with Crippen molar-refractivity contribution in [3.8, 4) is 0 Å². The van der Waals surface area contributed by atoms with Crippen molar-refractivity contribution in [2.75, 3.05) is 18.0 Å². The van der Waals surface area contributed by atoms with Gasteiger partial charge in [-0.2, -0.15) is 4.31 Å². The van der Waals surface area contributed by atoms with Gasteiger partial charge in [0, 0.05) is 23.7 Å². The van der Waals surface area contributed by atoms with Gasteiger partial charge in [-0.3, -0.25) is 9.69 Å². The third-order valence-corrected chi connectivity index (χ3v) is 8.85. The molecule has 4 aromatic rings. The van der Waals surface area contributed by atoms with Crippen LogP contribution in [0.5, 0.6) is 0 Å². The van der Waals surface area contributed by atoms with Gasteiger partial charge in [-0.05, 0) is 73.9 Å². The second-order valence-electron chi connectivity index (χ2n) is 8.46. The molecule has 190 valence electrons. The molecular weight excluding hydrogens is 518 g/mol. The molecule has 0 atom stereocenters. The summed E-state index contributed by atoms with van der Waals surface area (Å²) in [6.45, 7) is 6.91. The van der Waals surface area contributed by atoms with Crippen molar-refractivity contribution in [1.82, 2.24) is 9.29 Å². The number of nitrogens with zero attached hydrogens (tertiary/aromatic N) is 3. The Kier molecular flexibility index (Phi) is 8.14. The number of aryl methyl sites for hydroxylation is 1. The second-order valence-corrected chi connectivity index (χ2v) is 11.8. The van der Waals surface area contributed by atoms with E-state index < -0.39 is 10.0 Å². The predicted molar refractivity (Wildman–Crippen MR) is 144 cm³/mol. The molecule has 0 bridgehead atoms. The lowest BCUT2D eigenvalue weighted by molar-refractivity contribution is 0.0983. The monoisotopic (exact) mass is 545 g/mol. The average Bonchev–Trinajstić information content (AvgIpc) is 3.52. The summed E-state index contributed by atoms with van der Waals surface area (Å²) in [5.74, 6) is 0.295. The number of anilines is 1. The van der Waals surface area contributed by atoms with Gasteiger partial charge in [0.2, 0.25) is 10.0 Å². The van der Waals surface area contributed by atoms with Gasteiger partial charge in [0.15, 0.2) is 5.13 Å². The number of halogens is 1. The van der Waals surface area contributed by atoms with Gasteiger partial charge in [-0.25, -0.2) is 13.4 Å². The van der Waals surface area contributed by atoms with Crippen LogP contribution in [0.25, 0.3) is 10.2 Å². The molecule has 0 aliphatic heterocycles. The normalized spacial score (nSPS) is 11.9. The lowest BCUT2D eigenvalue weighted by atomic mass is 10.2. The van der Waals surface area contributed by atoms with Crippen LogP contribution in [-0.2, 0) is 16.6 Å². The third-order valence-electron chi connectivity index (χ3n) is 5.69. The molecule has 1 amide bonds. The first-order valence-corrected chi connectivity index (χ1v) is 14.4. The average molecular weight is 546 g/mol. The van der Waals surface area contributed by atoms with Gasteiger partial charge in [-0.1, -0.05) is 36.8 Å². The van der Waals surface area contributed by atoms with E-state index in [0.29, 0.717) is 34.6 Å². The Labute approximate surface area is 220 Å². The Hall–Kier alpha value is -2.72. The fourth-order valence-corrected chi connectivity index (χ4v) is 7.01. The van der Waals surface area contributed by atoms with Gasteiger partial charge < -0.3 is 4.42 Å². The van der Waals surface area contributed by atoms with Crippen molar-refractivity contribution in [2.45, 2.75) is 45.1 Å². The molecule has 0 radical (unpaired) electrons. The van der Waals surface area contributed by atoms with Gasteiger partial charge in [0.05, 0.1) is 27.9 Å². The molecule has 2 heterocycles. The molecule has 7 nitrogen and oxygen atoms in total. The van der Waals surface area contributed by atoms with Crippen LogP contribution in [0.2, 0.25) is 5.02 Å². The predicted octanol–water partition coefficient (Wildman–Crippen LogP) is 6.51. The number of benzene rings is 2. The van der Waals surface area contributed by atoms with Crippen molar-refractivity contribution >= 4 is 54.2 Å².